The van der Waals surface area contributed by atoms with Crippen LogP contribution in [0.3, 0.4) is 0 Å². The molecular formula is C25H25N5O4S. The first-order valence-electron chi connectivity index (χ1n) is 11.1. The number of anilines is 2. The van der Waals surface area contributed by atoms with E-state index in [4.69, 9.17) is 14.2 Å². The first-order valence-corrected chi connectivity index (χ1v) is 11.9. The second-order valence-corrected chi connectivity index (χ2v) is 8.60. The Morgan fingerprint density at radius 1 is 1.14 bits per heavy atom. The number of aromatic nitrogens is 2. The molecule has 2 aromatic carbocycles. The molecule has 35 heavy (non-hydrogen) atoms. The van der Waals surface area contributed by atoms with Gasteiger partial charge in [-0.15, -0.1) is 10.2 Å². The first-order chi connectivity index (χ1) is 17.1. The summed E-state index contributed by atoms with van der Waals surface area (Å²) in [4.78, 5) is 14.6. The summed E-state index contributed by atoms with van der Waals surface area (Å²) in [7, 11) is 0. The predicted molar refractivity (Wildman–Crippen MR) is 134 cm³/mol. The largest absolute Gasteiger partial charge is 0.490 e. The zero-order valence-electron chi connectivity index (χ0n) is 19.3. The second-order valence-electron chi connectivity index (χ2n) is 7.64. The van der Waals surface area contributed by atoms with E-state index >= 15 is 0 Å². The number of carbonyl (C=O) groups is 1. The number of aryl methyl sites for hydroxylation is 1. The van der Waals surface area contributed by atoms with E-state index < -0.39 is 5.91 Å². The zero-order chi connectivity index (χ0) is 24.5. The van der Waals surface area contributed by atoms with Crippen LogP contribution in [0.4, 0.5) is 10.3 Å². The fourth-order valence-electron chi connectivity index (χ4n) is 3.32. The van der Waals surface area contributed by atoms with Crippen molar-refractivity contribution in [2.45, 2.75) is 6.92 Å². The maximum Gasteiger partial charge on any atom is 0.268 e. The van der Waals surface area contributed by atoms with E-state index in [0.717, 1.165) is 24.4 Å². The van der Waals surface area contributed by atoms with E-state index in [1.807, 2.05) is 37.3 Å². The Balaban J connectivity index is 1.29. The number of nitrogens with zero attached hydrogens (tertiary/aromatic N) is 4. The van der Waals surface area contributed by atoms with Gasteiger partial charge in [0.25, 0.3) is 5.91 Å². The Morgan fingerprint density at radius 3 is 2.63 bits per heavy atom. The molecule has 0 aliphatic carbocycles. The summed E-state index contributed by atoms with van der Waals surface area (Å²) in [6.45, 7) is 5.53. The molecule has 4 rings (SSSR count). The van der Waals surface area contributed by atoms with Crippen molar-refractivity contribution in [3.8, 4) is 17.6 Å². The van der Waals surface area contributed by atoms with Gasteiger partial charge < -0.3 is 19.1 Å². The third-order valence-electron chi connectivity index (χ3n) is 5.18. The highest BCUT2D eigenvalue weighted by atomic mass is 32.1. The molecule has 0 bridgehead atoms. The minimum Gasteiger partial charge on any atom is -0.490 e. The molecule has 1 aromatic heterocycles. The second kappa shape index (κ2) is 12.0. The van der Waals surface area contributed by atoms with Crippen LogP contribution in [0.25, 0.3) is 6.08 Å². The molecule has 0 spiro atoms. The molecule has 1 amide bonds. The lowest BCUT2D eigenvalue weighted by molar-refractivity contribution is -0.112. The van der Waals surface area contributed by atoms with Crippen LogP contribution in [0.5, 0.6) is 11.5 Å². The quantitative estimate of drug-likeness (QED) is 0.274. The number of hydrogen-bond donors (Lipinski definition) is 1. The molecule has 9 nitrogen and oxygen atoms in total. The average molecular weight is 492 g/mol. The number of nitriles is 1. The van der Waals surface area contributed by atoms with Gasteiger partial charge in [-0.2, -0.15) is 5.26 Å². The van der Waals surface area contributed by atoms with Crippen molar-refractivity contribution in [3.05, 3.63) is 65.2 Å². The molecule has 0 atom stereocenters. The summed E-state index contributed by atoms with van der Waals surface area (Å²) in [5, 5.41) is 21.3. The predicted octanol–water partition coefficient (Wildman–Crippen LogP) is 3.69. The number of morpholine rings is 1. The van der Waals surface area contributed by atoms with Gasteiger partial charge in [-0.05, 0) is 42.3 Å². The van der Waals surface area contributed by atoms with Gasteiger partial charge in [0.2, 0.25) is 10.3 Å². The number of rotatable bonds is 9. The average Bonchev–Trinajstić information content (AvgIpc) is 3.36. The molecule has 1 fully saturated rings. The fraction of sp³-hybridized carbons (Fsp3) is 0.280. The minimum atomic E-state index is -0.536. The summed E-state index contributed by atoms with van der Waals surface area (Å²) < 4.78 is 16.8. The van der Waals surface area contributed by atoms with Crippen molar-refractivity contribution < 1.29 is 19.0 Å². The molecule has 3 aromatic rings. The SMILES string of the molecule is Cc1ccccc1OCCOc1ccc(/C=C(/C#N)C(=O)Nc2nnc(N3CCOCC3)s2)cc1. The first kappa shape index (κ1) is 24.2. The molecular weight excluding hydrogens is 466 g/mol. The van der Waals surface area contributed by atoms with Gasteiger partial charge in [-0.3, -0.25) is 10.1 Å². The summed E-state index contributed by atoms with van der Waals surface area (Å²) in [5.41, 5.74) is 1.74. The van der Waals surface area contributed by atoms with Crippen molar-refractivity contribution in [2.75, 3.05) is 49.7 Å². The summed E-state index contributed by atoms with van der Waals surface area (Å²) >= 11 is 1.27. The molecule has 0 saturated carbocycles. The van der Waals surface area contributed by atoms with E-state index in [1.54, 1.807) is 24.3 Å². The van der Waals surface area contributed by atoms with E-state index in [1.165, 1.54) is 17.4 Å². The smallest absolute Gasteiger partial charge is 0.268 e. The molecule has 180 valence electrons. The third kappa shape index (κ3) is 6.79. The van der Waals surface area contributed by atoms with E-state index in [0.29, 0.717) is 48.0 Å². The maximum atomic E-state index is 12.6. The lowest BCUT2D eigenvalue weighted by Crippen LogP contribution is -2.36. The highest BCUT2D eigenvalue weighted by Gasteiger charge is 2.18. The normalized spacial score (nSPS) is 13.7. The van der Waals surface area contributed by atoms with Gasteiger partial charge in [-0.25, -0.2) is 0 Å². The molecule has 2 heterocycles. The topological polar surface area (TPSA) is 110 Å². The van der Waals surface area contributed by atoms with Crippen LogP contribution in [-0.2, 0) is 9.53 Å². The van der Waals surface area contributed by atoms with Crippen molar-refractivity contribution in [2.24, 2.45) is 0 Å². The van der Waals surface area contributed by atoms with Crippen LogP contribution >= 0.6 is 11.3 Å². The number of amides is 1. The van der Waals surface area contributed by atoms with Gasteiger partial charge >= 0.3 is 0 Å². The number of benzene rings is 2. The number of carbonyl (C=O) groups excluding carboxylic acids is 1. The Labute approximate surface area is 207 Å². The Morgan fingerprint density at radius 2 is 1.89 bits per heavy atom. The van der Waals surface area contributed by atoms with Crippen molar-refractivity contribution in [3.63, 3.8) is 0 Å². The molecule has 1 aliphatic rings. The fourth-order valence-corrected chi connectivity index (χ4v) is 4.11. The highest BCUT2D eigenvalue weighted by molar-refractivity contribution is 7.19. The highest BCUT2D eigenvalue weighted by Crippen LogP contribution is 2.25. The van der Waals surface area contributed by atoms with Crippen LogP contribution in [0, 0.1) is 18.3 Å². The Kier molecular flexibility index (Phi) is 8.27. The summed E-state index contributed by atoms with van der Waals surface area (Å²) in [6, 6.07) is 16.9. The Hall–Kier alpha value is -3.94. The lowest BCUT2D eigenvalue weighted by atomic mass is 10.1. The minimum absolute atomic E-state index is 0.0339. The van der Waals surface area contributed by atoms with Crippen LogP contribution in [0.1, 0.15) is 11.1 Å². The van der Waals surface area contributed by atoms with Crippen LogP contribution in [-0.4, -0.2) is 55.6 Å². The molecule has 0 radical (unpaired) electrons. The van der Waals surface area contributed by atoms with Crippen molar-refractivity contribution >= 4 is 33.6 Å². The third-order valence-corrected chi connectivity index (χ3v) is 6.08. The molecule has 1 saturated heterocycles. The Bertz CT molecular complexity index is 1210. The molecule has 1 N–H and O–H groups in total. The van der Waals surface area contributed by atoms with Crippen molar-refractivity contribution in [1.82, 2.24) is 10.2 Å². The summed E-state index contributed by atoms with van der Waals surface area (Å²) in [6.07, 6.45) is 1.52. The monoisotopic (exact) mass is 491 g/mol. The number of nitrogens with one attached hydrogen (secondary N) is 1. The van der Waals surface area contributed by atoms with Crippen LogP contribution in [0.15, 0.2) is 54.1 Å². The van der Waals surface area contributed by atoms with E-state index in [9.17, 15) is 10.1 Å². The molecule has 1 aliphatic heterocycles. The lowest BCUT2D eigenvalue weighted by Gasteiger charge is -2.25. The van der Waals surface area contributed by atoms with Crippen molar-refractivity contribution in [1.29, 1.82) is 5.26 Å². The molecule has 0 unspecified atom stereocenters. The van der Waals surface area contributed by atoms with Gasteiger partial charge in [0, 0.05) is 13.1 Å². The number of hydrogen-bond acceptors (Lipinski definition) is 9. The standard InChI is InChI=1S/C25H25N5O4S/c1-18-4-2-3-5-22(18)34-15-14-33-21-8-6-19(7-9-21)16-20(17-26)23(31)27-24-28-29-25(35-24)30-10-12-32-13-11-30/h2-9,16H,10-15H2,1H3,(H,27,28,31)/b20-16-. The van der Waals surface area contributed by atoms with Gasteiger partial charge in [0.05, 0.1) is 13.2 Å². The van der Waals surface area contributed by atoms with Crippen LogP contribution in [0.2, 0.25) is 0 Å². The zero-order valence-corrected chi connectivity index (χ0v) is 20.1. The summed E-state index contributed by atoms with van der Waals surface area (Å²) in [5.74, 6) is 0.971. The maximum absolute atomic E-state index is 12.6. The number of para-hydroxylation sites is 1. The number of ether oxygens (including phenoxy) is 3. The molecule has 10 heteroatoms. The van der Waals surface area contributed by atoms with E-state index in [2.05, 4.69) is 20.4 Å². The van der Waals surface area contributed by atoms with E-state index in [-0.39, 0.29) is 5.57 Å². The van der Waals surface area contributed by atoms with Crippen LogP contribution < -0.4 is 19.7 Å². The van der Waals surface area contributed by atoms with Gasteiger partial charge in [0.15, 0.2) is 0 Å². The van der Waals surface area contributed by atoms with Gasteiger partial charge in [-0.1, -0.05) is 41.7 Å². The van der Waals surface area contributed by atoms with Gasteiger partial charge in [0.1, 0.15) is 36.4 Å².